The fourth-order valence-electron chi connectivity index (χ4n) is 4.15. The highest BCUT2D eigenvalue weighted by atomic mass is 35.5. The molecule has 6 nitrogen and oxygen atoms in total. The number of carbonyl (C=O) groups excluding carboxylic acids is 1. The van der Waals surface area contributed by atoms with Crippen molar-refractivity contribution in [2.75, 3.05) is 13.1 Å². The molecular weight excluding hydrogens is 362 g/mol. The molecule has 1 aromatic carbocycles. The number of amides is 1. The largest absolute Gasteiger partial charge is 0.338 e. The van der Waals surface area contributed by atoms with Gasteiger partial charge in [0.15, 0.2) is 0 Å². The molecule has 2 N–H and O–H groups in total. The van der Waals surface area contributed by atoms with Gasteiger partial charge in [-0.05, 0) is 43.4 Å². The number of hydrogen-bond donors (Lipinski definition) is 1. The molecule has 27 heavy (non-hydrogen) atoms. The SMILES string of the molecule is Cl.NCc1ccc(C(=O)N2CCCC(c3nnc4n3CCCCC4)C2)cc1. The Kier molecular flexibility index (Phi) is 6.50. The molecule has 1 aromatic heterocycles. The van der Waals surface area contributed by atoms with Gasteiger partial charge in [-0.1, -0.05) is 18.6 Å². The van der Waals surface area contributed by atoms with Gasteiger partial charge in [-0.15, -0.1) is 22.6 Å². The molecule has 1 unspecified atom stereocenters. The third-order valence-electron chi connectivity index (χ3n) is 5.65. The van der Waals surface area contributed by atoms with Gasteiger partial charge in [0, 0.05) is 44.1 Å². The summed E-state index contributed by atoms with van der Waals surface area (Å²) < 4.78 is 2.32. The fourth-order valence-corrected chi connectivity index (χ4v) is 4.15. The van der Waals surface area contributed by atoms with Crippen LogP contribution in [-0.4, -0.2) is 38.7 Å². The van der Waals surface area contributed by atoms with Gasteiger partial charge in [0.1, 0.15) is 11.6 Å². The van der Waals surface area contributed by atoms with Crippen molar-refractivity contribution in [2.24, 2.45) is 5.73 Å². The Balaban J connectivity index is 0.00000210. The Morgan fingerprint density at radius 3 is 2.67 bits per heavy atom. The number of piperidine rings is 1. The first-order chi connectivity index (χ1) is 12.8. The van der Waals surface area contributed by atoms with Gasteiger partial charge in [-0.2, -0.15) is 0 Å². The molecule has 0 aliphatic carbocycles. The van der Waals surface area contributed by atoms with E-state index in [1.54, 1.807) is 0 Å². The number of fused-ring (bicyclic) bond motifs is 1. The molecule has 7 heteroatoms. The average molecular weight is 390 g/mol. The van der Waals surface area contributed by atoms with Crippen LogP contribution in [0, 0.1) is 0 Å². The zero-order chi connectivity index (χ0) is 17.9. The monoisotopic (exact) mass is 389 g/mol. The quantitative estimate of drug-likeness (QED) is 0.875. The van der Waals surface area contributed by atoms with E-state index in [4.69, 9.17) is 5.73 Å². The van der Waals surface area contributed by atoms with Crippen LogP contribution in [0.1, 0.15) is 65.6 Å². The van der Waals surface area contributed by atoms with E-state index in [1.165, 1.54) is 19.3 Å². The van der Waals surface area contributed by atoms with Crippen LogP contribution in [0.3, 0.4) is 0 Å². The van der Waals surface area contributed by atoms with Crippen molar-refractivity contribution in [3.8, 4) is 0 Å². The highest BCUT2D eigenvalue weighted by Crippen LogP contribution is 2.28. The Morgan fingerprint density at radius 1 is 1.07 bits per heavy atom. The lowest BCUT2D eigenvalue weighted by molar-refractivity contribution is 0.0703. The van der Waals surface area contributed by atoms with Gasteiger partial charge in [-0.3, -0.25) is 4.79 Å². The summed E-state index contributed by atoms with van der Waals surface area (Å²) in [6.45, 7) is 3.06. The zero-order valence-electron chi connectivity index (χ0n) is 15.6. The maximum atomic E-state index is 12.9. The fraction of sp³-hybridized carbons (Fsp3) is 0.550. The number of hydrogen-bond acceptors (Lipinski definition) is 4. The number of halogens is 1. The number of aromatic nitrogens is 3. The molecule has 0 bridgehead atoms. The molecule has 1 saturated heterocycles. The molecule has 2 aliphatic rings. The predicted octanol–water partition coefficient (Wildman–Crippen LogP) is 2.90. The molecule has 1 amide bonds. The normalized spacial score (nSPS) is 19.7. The Labute approximate surface area is 166 Å². The van der Waals surface area contributed by atoms with Crippen LogP contribution in [0.4, 0.5) is 0 Å². The van der Waals surface area contributed by atoms with Gasteiger partial charge in [0.05, 0.1) is 0 Å². The lowest BCUT2D eigenvalue weighted by Crippen LogP contribution is -2.39. The number of nitrogens with two attached hydrogens (primary N) is 1. The zero-order valence-corrected chi connectivity index (χ0v) is 16.5. The van der Waals surface area contributed by atoms with Crippen LogP contribution in [0.25, 0.3) is 0 Å². The average Bonchev–Trinajstić information content (AvgIpc) is 2.96. The maximum Gasteiger partial charge on any atom is 0.253 e. The number of benzene rings is 1. The topological polar surface area (TPSA) is 77.0 Å². The van der Waals surface area contributed by atoms with E-state index < -0.39 is 0 Å². The Hall–Kier alpha value is -1.92. The number of aryl methyl sites for hydroxylation is 1. The number of rotatable bonds is 3. The summed E-state index contributed by atoms with van der Waals surface area (Å²) >= 11 is 0. The van der Waals surface area contributed by atoms with Crippen LogP contribution in [-0.2, 0) is 19.5 Å². The summed E-state index contributed by atoms with van der Waals surface area (Å²) in [6.07, 6.45) is 6.77. The molecule has 3 heterocycles. The van der Waals surface area contributed by atoms with E-state index in [9.17, 15) is 4.79 Å². The summed E-state index contributed by atoms with van der Waals surface area (Å²) in [5.74, 6) is 2.60. The summed E-state index contributed by atoms with van der Waals surface area (Å²) in [5.41, 5.74) is 7.43. The minimum atomic E-state index is 0. The van der Waals surface area contributed by atoms with Gasteiger partial charge in [-0.25, -0.2) is 0 Å². The Morgan fingerprint density at radius 2 is 1.89 bits per heavy atom. The third-order valence-corrected chi connectivity index (χ3v) is 5.65. The van der Waals surface area contributed by atoms with Gasteiger partial charge < -0.3 is 15.2 Å². The lowest BCUT2D eigenvalue weighted by atomic mass is 9.96. The molecule has 2 aromatic rings. The summed E-state index contributed by atoms with van der Waals surface area (Å²) in [4.78, 5) is 14.9. The molecule has 0 spiro atoms. The summed E-state index contributed by atoms with van der Waals surface area (Å²) in [6, 6.07) is 7.65. The molecule has 4 rings (SSSR count). The van der Waals surface area contributed by atoms with Gasteiger partial charge >= 0.3 is 0 Å². The van der Waals surface area contributed by atoms with E-state index in [0.717, 1.165) is 61.7 Å². The van der Waals surface area contributed by atoms with Gasteiger partial charge in [0.2, 0.25) is 0 Å². The summed E-state index contributed by atoms with van der Waals surface area (Å²) in [5, 5.41) is 8.95. The molecular formula is C20H28ClN5O. The Bertz CT molecular complexity index is 773. The molecule has 1 fully saturated rings. The standard InChI is InChI=1S/C20H27N5O.ClH/c21-13-15-7-9-16(10-8-15)20(26)24-11-4-5-17(14-24)19-23-22-18-6-2-1-3-12-25(18)19;/h7-10,17H,1-6,11-14,21H2;1H. The lowest BCUT2D eigenvalue weighted by Gasteiger charge is -2.32. The van der Waals surface area contributed by atoms with Crippen molar-refractivity contribution in [1.82, 2.24) is 19.7 Å². The van der Waals surface area contributed by atoms with Crippen molar-refractivity contribution in [3.63, 3.8) is 0 Å². The molecule has 1 atom stereocenters. The van der Waals surface area contributed by atoms with Crippen LogP contribution >= 0.6 is 12.4 Å². The van der Waals surface area contributed by atoms with E-state index in [-0.39, 0.29) is 24.2 Å². The van der Waals surface area contributed by atoms with Gasteiger partial charge in [0.25, 0.3) is 5.91 Å². The van der Waals surface area contributed by atoms with Crippen molar-refractivity contribution in [3.05, 3.63) is 47.0 Å². The second-order valence-corrected chi connectivity index (χ2v) is 7.43. The minimum absolute atomic E-state index is 0. The highest BCUT2D eigenvalue weighted by Gasteiger charge is 2.29. The first kappa shape index (κ1) is 19.8. The van der Waals surface area contributed by atoms with Crippen molar-refractivity contribution < 1.29 is 4.79 Å². The first-order valence-electron chi connectivity index (χ1n) is 9.76. The number of nitrogens with zero attached hydrogens (tertiary/aromatic N) is 4. The predicted molar refractivity (Wildman–Crippen MR) is 107 cm³/mol. The number of likely N-dealkylation sites (tertiary alicyclic amines) is 1. The molecule has 0 radical (unpaired) electrons. The van der Waals surface area contributed by atoms with E-state index in [0.29, 0.717) is 6.54 Å². The van der Waals surface area contributed by atoms with E-state index >= 15 is 0 Å². The number of carbonyl (C=O) groups is 1. The maximum absolute atomic E-state index is 12.9. The van der Waals surface area contributed by atoms with Crippen molar-refractivity contribution in [1.29, 1.82) is 0 Å². The third kappa shape index (κ3) is 4.17. The van der Waals surface area contributed by atoms with Crippen LogP contribution < -0.4 is 5.73 Å². The first-order valence-corrected chi connectivity index (χ1v) is 9.76. The van der Waals surface area contributed by atoms with Crippen LogP contribution in [0.15, 0.2) is 24.3 Å². The molecule has 146 valence electrons. The van der Waals surface area contributed by atoms with Crippen molar-refractivity contribution in [2.45, 2.75) is 57.5 Å². The summed E-state index contributed by atoms with van der Waals surface area (Å²) in [7, 11) is 0. The minimum Gasteiger partial charge on any atom is -0.338 e. The molecule has 0 saturated carbocycles. The van der Waals surface area contributed by atoms with Crippen molar-refractivity contribution >= 4 is 18.3 Å². The van der Waals surface area contributed by atoms with Crippen LogP contribution in [0.2, 0.25) is 0 Å². The highest BCUT2D eigenvalue weighted by molar-refractivity contribution is 5.94. The van der Waals surface area contributed by atoms with E-state index in [1.807, 2.05) is 29.2 Å². The molecule has 2 aliphatic heterocycles. The second kappa shape index (κ2) is 8.85. The smallest absolute Gasteiger partial charge is 0.253 e. The second-order valence-electron chi connectivity index (χ2n) is 7.43. The van der Waals surface area contributed by atoms with Crippen LogP contribution in [0.5, 0.6) is 0 Å². The van der Waals surface area contributed by atoms with E-state index in [2.05, 4.69) is 14.8 Å².